The molecular formula is C15H20BrNO2. The van der Waals surface area contributed by atoms with Crippen molar-refractivity contribution in [2.45, 2.75) is 44.7 Å². The highest BCUT2D eigenvalue weighted by molar-refractivity contribution is 9.10. The summed E-state index contributed by atoms with van der Waals surface area (Å²) in [4.78, 5) is 11.1. The first kappa shape index (κ1) is 14.5. The maximum absolute atomic E-state index is 11.1. The molecule has 3 nitrogen and oxygen atoms in total. The molecule has 0 radical (unpaired) electrons. The summed E-state index contributed by atoms with van der Waals surface area (Å²) in [6.07, 6.45) is 3.62. The Morgan fingerprint density at radius 2 is 2.16 bits per heavy atom. The number of carboxylic acids is 1. The van der Waals surface area contributed by atoms with Crippen LogP contribution in [0.15, 0.2) is 28.7 Å². The molecule has 2 unspecified atom stereocenters. The van der Waals surface area contributed by atoms with Crippen molar-refractivity contribution in [3.8, 4) is 0 Å². The van der Waals surface area contributed by atoms with E-state index in [1.807, 2.05) is 18.2 Å². The summed E-state index contributed by atoms with van der Waals surface area (Å²) in [7, 11) is 0. The molecule has 1 saturated carbocycles. The lowest BCUT2D eigenvalue weighted by molar-refractivity contribution is -0.143. The van der Waals surface area contributed by atoms with Gasteiger partial charge in [-0.25, -0.2) is 0 Å². The number of halogens is 1. The predicted molar refractivity (Wildman–Crippen MR) is 79.1 cm³/mol. The minimum Gasteiger partial charge on any atom is -0.481 e. The van der Waals surface area contributed by atoms with Crippen molar-refractivity contribution in [3.63, 3.8) is 0 Å². The van der Waals surface area contributed by atoms with Crippen molar-refractivity contribution in [2.75, 3.05) is 0 Å². The quantitative estimate of drug-likeness (QED) is 0.886. The Morgan fingerprint density at radius 3 is 2.84 bits per heavy atom. The first-order chi connectivity index (χ1) is 9.08. The summed E-state index contributed by atoms with van der Waals surface area (Å²) < 4.78 is 1.10. The second-order valence-corrected chi connectivity index (χ2v) is 6.16. The van der Waals surface area contributed by atoms with Gasteiger partial charge in [-0.2, -0.15) is 0 Å². The third-order valence-corrected chi connectivity index (χ3v) is 4.60. The fraction of sp³-hybridized carbons (Fsp3) is 0.533. The number of aliphatic carboxylic acids is 1. The number of carbonyl (C=O) groups is 1. The summed E-state index contributed by atoms with van der Waals surface area (Å²) in [5.41, 5.74) is 1.22. The van der Waals surface area contributed by atoms with Gasteiger partial charge in [0, 0.05) is 16.6 Å². The van der Waals surface area contributed by atoms with E-state index < -0.39 is 5.97 Å². The molecular weight excluding hydrogens is 306 g/mol. The Labute approximate surface area is 122 Å². The van der Waals surface area contributed by atoms with E-state index >= 15 is 0 Å². The standard InChI is InChI=1S/C15H20BrNO2/c1-10(13-7-2-3-8-14(13)16)17-12-6-4-5-11(9-12)15(18)19/h2-3,7-8,10-12,17H,4-6,9H2,1H3,(H,18,19)/t10-,11?,12?/m0/s1. The molecule has 0 saturated heterocycles. The van der Waals surface area contributed by atoms with Crippen LogP contribution in [0.5, 0.6) is 0 Å². The van der Waals surface area contributed by atoms with E-state index in [2.05, 4.69) is 34.2 Å². The van der Waals surface area contributed by atoms with E-state index in [0.29, 0.717) is 6.04 Å². The van der Waals surface area contributed by atoms with Crippen LogP contribution in [0.4, 0.5) is 0 Å². The number of nitrogens with one attached hydrogen (secondary N) is 1. The zero-order valence-electron chi connectivity index (χ0n) is 11.1. The van der Waals surface area contributed by atoms with Gasteiger partial charge in [-0.3, -0.25) is 4.79 Å². The first-order valence-corrected chi connectivity index (χ1v) is 7.60. The molecule has 1 aromatic carbocycles. The van der Waals surface area contributed by atoms with Crippen molar-refractivity contribution < 1.29 is 9.90 Å². The second-order valence-electron chi connectivity index (χ2n) is 5.31. The van der Waals surface area contributed by atoms with E-state index in [-0.39, 0.29) is 12.0 Å². The van der Waals surface area contributed by atoms with Gasteiger partial charge in [-0.05, 0) is 37.8 Å². The summed E-state index contributed by atoms with van der Waals surface area (Å²) in [5.74, 6) is -0.835. The fourth-order valence-corrected chi connectivity index (χ4v) is 3.46. The molecule has 0 spiro atoms. The Bertz CT molecular complexity index is 450. The third-order valence-electron chi connectivity index (χ3n) is 3.88. The molecule has 2 N–H and O–H groups in total. The van der Waals surface area contributed by atoms with Crippen LogP contribution in [-0.4, -0.2) is 17.1 Å². The van der Waals surface area contributed by atoms with Crippen molar-refractivity contribution in [1.29, 1.82) is 0 Å². The van der Waals surface area contributed by atoms with Crippen molar-refractivity contribution in [3.05, 3.63) is 34.3 Å². The van der Waals surface area contributed by atoms with Gasteiger partial charge in [0.05, 0.1) is 5.92 Å². The van der Waals surface area contributed by atoms with E-state index in [1.54, 1.807) is 0 Å². The molecule has 0 amide bonds. The Hall–Kier alpha value is -0.870. The highest BCUT2D eigenvalue weighted by Crippen LogP contribution is 2.28. The van der Waals surface area contributed by atoms with Crippen LogP contribution >= 0.6 is 15.9 Å². The van der Waals surface area contributed by atoms with Crippen molar-refractivity contribution >= 4 is 21.9 Å². The van der Waals surface area contributed by atoms with Crippen LogP contribution in [0, 0.1) is 5.92 Å². The van der Waals surface area contributed by atoms with Gasteiger partial charge in [0.1, 0.15) is 0 Å². The lowest BCUT2D eigenvalue weighted by Gasteiger charge is -2.30. The number of carboxylic acid groups (broad SMARTS) is 1. The molecule has 1 aromatic rings. The van der Waals surface area contributed by atoms with Crippen LogP contribution in [-0.2, 0) is 4.79 Å². The van der Waals surface area contributed by atoms with E-state index in [1.165, 1.54) is 5.56 Å². The molecule has 1 aliphatic rings. The maximum Gasteiger partial charge on any atom is 0.306 e. The molecule has 3 atom stereocenters. The van der Waals surface area contributed by atoms with E-state index in [0.717, 1.165) is 30.2 Å². The van der Waals surface area contributed by atoms with Gasteiger partial charge in [-0.1, -0.05) is 40.5 Å². The van der Waals surface area contributed by atoms with Gasteiger partial charge < -0.3 is 10.4 Å². The number of hydrogen-bond acceptors (Lipinski definition) is 2. The Morgan fingerprint density at radius 1 is 1.42 bits per heavy atom. The molecule has 1 aliphatic carbocycles. The van der Waals surface area contributed by atoms with Crippen LogP contribution in [0.2, 0.25) is 0 Å². The van der Waals surface area contributed by atoms with Crippen LogP contribution < -0.4 is 5.32 Å². The molecule has 0 bridgehead atoms. The fourth-order valence-electron chi connectivity index (χ4n) is 2.84. The summed E-state index contributed by atoms with van der Waals surface area (Å²) in [5, 5.41) is 12.7. The molecule has 0 aromatic heterocycles. The average Bonchev–Trinajstić information content (AvgIpc) is 2.39. The molecule has 0 heterocycles. The smallest absolute Gasteiger partial charge is 0.306 e. The molecule has 2 rings (SSSR count). The van der Waals surface area contributed by atoms with Crippen molar-refractivity contribution in [1.82, 2.24) is 5.32 Å². The lowest BCUT2D eigenvalue weighted by Crippen LogP contribution is -2.37. The predicted octanol–water partition coefficient (Wildman–Crippen LogP) is 3.74. The highest BCUT2D eigenvalue weighted by Gasteiger charge is 2.27. The molecule has 4 heteroatoms. The topological polar surface area (TPSA) is 49.3 Å². The average molecular weight is 326 g/mol. The molecule has 19 heavy (non-hydrogen) atoms. The highest BCUT2D eigenvalue weighted by atomic mass is 79.9. The molecule has 1 fully saturated rings. The largest absolute Gasteiger partial charge is 0.481 e. The van der Waals surface area contributed by atoms with Gasteiger partial charge >= 0.3 is 5.97 Å². The summed E-state index contributed by atoms with van der Waals surface area (Å²) in [6, 6.07) is 8.69. The van der Waals surface area contributed by atoms with E-state index in [9.17, 15) is 4.79 Å². The van der Waals surface area contributed by atoms with Crippen LogP contribution in [0.1, 0.15) is 44.2 Å². The maximum atomic E-state index is 11.1. The lowest BCUT2D eigenvalue weighted by atomic mass is 9.85. The number of rotatable bonds is 4. The SMILES string of the molecule is C[C@H](NC1CCCC(C(=O)O)C1)c1ccccc1Br. The van der Waals surface area contributed by atoms with Gasteiger partial charge in [0.15, 0.2) is 0 Å². The van der Waals surface area contributed by atoms with Gasteiger partial charge in [-0.15, -0.1) is 0 Å². The van der Waals surface area contributed by atoms with Crippen molar-refractivity contribution in [2.24, 2.45) is 5.92 Å². The van der Waals surface area contributed by atoms with Crippen LogP contribution in [0.25, 0.3) is 0 Å². The Kier molecular flexibility index (Phi) is 4.99. The van der Waals surface area contributed by atoms with E-state index in [4.69, 9.17) is 5.11 Å². The molecule has 0 aliphatic heterocycles. The second kappa shape index (κ2) is 6.53. The number of benzene rings is 1. The molecule has 104 valence electrons. The number of hydrogen-bond donors (Lipinski definition) is 2. The monoisotopic (exact) mass is 325 g/mol. The summed E-state index contributed by atoms with van der Waals surface area (Å²) >= 11 is 3.56. The normalized spacial score (nSPS) is 24.9. The zero-order valence-corrected chi connectivity index (χ0v) is 12.7. The van der Waals surface area contributed by atoms with Gasteiger partial charge in [0.25, 0.3) is 0 Å². The first-order valence-electron chi connectivity index (χ1n) is 6.81. The van der Waals surface area contributed by atoms with Gasteiger partial charge in [0.2, 0.25) is 0 Å². The Balaban J connectivity index is 1.97. The minimum absolute atomic E-state index is 0.183. The third kappa shape index (κ3) is 3.80. The summed E-state index contributed by atoms with van der Waals surface area (Å²) in [6.45, 7) is 2.13. The minimum atomic E-state index is -0.653. The zero-order chi connectivity index (χ0) is 13.8. The van der Waals surface area contributed by atoms with Crippen LogP contribution in [0.3, 0.4) is 0 Å².